The number of nitrogens with two attached hydrogens (primary N) is 1. The maximum absolute atomic E-state index is 9.08. The average Bonchev–Trinajstić information content (AvgIpc) is 2.61. The molecule has 0 radical (unpaired) electrons. The van der Waals surface area contributed by atoms with Gasteiger partial charge in [-0.15, -0.1) is 0 Å². The van der Waals surface area contributed by atoms with Gasteiger partial charge in [0.25, 0.3) is 0 Å². The van der Waals surface area contributed by atoms with Crippen molar-refractivity contribution in [1.82, 2.24) is 4.98 Å². The Labute approximate surface area is 85.8 Å². The van der Waals surface area contributed by atoms with Crippen molar-refractivity contribution in [2.24, 2.45) is 0 Å². The topological polar surface area (TPSA) is 59.1 Å². The van der Waals surface area contributed by atoms with Crippen LogP contribution >= 0.6 is 11.3 Å². The van der Waals surface area contributed by atoms with Crippen molar-refractivity contribution in [3.63, 3.8) is 0 Å². The molecule has 0 aliphatic rings. The molecule has 0 aliphatic heterocycles. The van der Waals surface area contributed by atoms with Crippen LogP contribution in [0, 0.1) is 0 Å². The molecule has 1 heterocycles. The summed E-state index contributed by atoms with van der Waals surface area (Å²) in [5.74, 6) is 0. The molecule has 1 aromatic heterocycles. The lowest BCUT2D eigenvalue weighted by atomic mass is 10.1. The zero-order valence-electron chi connectivity index (χ0n) is 7.47. The van der Waals surface area contributed by atoms with Gasteiger partial charge in [-0.3, -0.25) is 0 Å². The molecular weight excluding hydrogens is 196 g/mol. The summed E-state index contributed by atoms with van der Waals surface area (Å²) in [5.41, 5.74) is 7.29. The molecule has 3 N–H and O–H groups in total. The number of aromatic nitrogens is 1. The van der Waals surface area contributed by atoms with Gasteiger partial charge in [-0.1, -0.05) is 41.7 Å². The maximum Gasteiger partial charge on any atom is 0.180 e. The second-order valence-electron chi connectivity index (χ2n) is 2.85. The van der Waals surface area contributed by atoms with Crippen LogP contribution in [0.3, 0.4) is 0 Å². The van der Waals surface area contributed by atoms with Crippen LogP contribution in [0.4, 0.5) is 5.13 Å². The van der Waals surface area contributed by atoms with Crippen LogP contribution in [0.1, 0.15) is 5.69 Å². The number of nitrogens with zero attached hydrogens (tertiary/aromatic N) is 1. The van der Waals surface area contributed by atoms with E-state index in [-0.39, 0.29) is 6.61 Å². The Balaban J connectivity index is 2.51. The molecule has 0 aliphatic carbocycles. The fourth-order valence-electron chi connectivity index (χ4n) is 1.29. The van der Waals surface area contributed by atoms with Crippen LogP contribution < -0.4 is 5.73 Å². The van der Waals surface area contributed by atoms with Gasteiger partial charge in [-0.05, 0) is 5.56 Å². The van der Waals surface area contributed by atoms with Crippen molar-refractivity contribution in [2.75, 3.05) is 5.73 Å². The zero-order valence-corrected chi connectivity index (χ0v) is 8.29. The molecule has 0 amide bonds. The van der Waals surface area contributed by atoms with E-state index in [1.165, 1.54) is 11.3 Å². The van der Waals surface area contributed by atoms with Gasteiger partial charge in [0.15, 0.2) is 5.13 Å². The van der Waals surface area contributed by atoms with Gasteiger partial charge >= 0.3 is 0 Å². The van der Waals surface area contributed by atoms with Gasteiger partial charge in [0.05, 0.1) is 17.2 Å². The molecule has 72 valence electrons. The third-order valence-corrected chi connectivity index (χ3v) is 2.88. The molecule has 1 aromatic carbocycles. The first-order valence-corrected chi connectivity index (χ1v) is 5.04. The van der Waals surface area contributed by atoms with Crippen LogP contribution in [-0.2, 0) is 6.61 Å². The molecule has 0 atom stereocenters. The van der Waals surface area contributed by atoms with Crippen LogP contribution in [0.25, 0.3) is 10.4 Å². The predicted molar refractivity (Wildman–Crippen MR) is 57.9 cm³/mol. The van der Waals surface area contributed by atoms with Crippen molar-refractivity contribution in [3.8, 4) is 10.4 Å². The normalized spacial score (nSPS) is 10.4. The lowest BCUT2D eigenvalue weighted by Gasteiger charge is -1.97. The van der Waals surface area contributed by atoms with E-state index in [1.807, 2.05) is 30.3 Å². The first-order chi connectivity index (χ1) is 6.81. The van der Waals surface area contributed by atoms with Gasteiger partial charge in [0, 0.05) is 0 Å². The fraction of sp³-hybridized carbons (Fsp3) is 0.100. The van der Waals surface area contributed by atoms with Gasteiger partial charge in [0.1, 0.15) is 0 Å². The monoisotopic (exact) mass is 206 g/mol. The molecule has 4 heteroatoms. The average molecular weight is 206 g/mol. The molecule has 0 fully saturated rings. The minimum Gasteiger partial charge on any atom is -0.390 e. The van der Waals surface area contributed by atoms with Crippen LogP contribution in [0.15, 0.2) is 30.3 Å². The molecule has 14 heavy (non-hydrogen) atoms. The highest BCUT2D eigenvalue weighted by atomic mass is 32.1. The largest absolute Gasteiger partial charge is 0.390 e. The Morgan fingerprint density at radius 3 is 2.64 bits per heavy atom. The number of nitrogen functional groups attached to an aromatic ring is 1. The molecular formula is C10H10N2OS. The Morgan fingerprint density at radius 2 is 2.00 bits per heavy atom. The summed E-state index contributed by atoms with van der Waals surface area (Å²) in [6.07, 6.45) is 0. The number of aliphatic hydroxyl groups excluding tert-OH is 1. The maximum atomic E-state index is 9.08. The summed E-state index contributed by atoms with van der Waals surface area (Å²) in [6, 6.07) is 9.81. The van der Waals surface area contributed by atoms with Crippen molar-refractivity contribution < 1.29 is 5.11 Å². The molecule has 2 aromatic rings. The quantitative estimate of drug-likeness (QED) is 0.788. The van der Waals surface area contributed by atoms with Gasteiger partial charge in [-0.2, -0.15) is 0 Å². The number of hydrogen-bond acceptors (Lipinski definition) is 4. The van der Waals surface area contributed by atoms with Crippen molar-refractivity contribution >= 4 is 16.5 Å². The third kappa shape index (κ3) is 1.62. The molecule has 0 unspecified atom stereocenters. The SMILES string of the molecule is Nc1nc(CO)c(-c2ccccc2)s1. The minimum absolute atomic E-state index is 0.0715. The number of aliphatic hydroxyl groups is 1. The third-order valence-electron chi connectivity index (χ3n) is 1.90. The standard InChI is InChI=1S/C10H10N2OS/c11-10-12-8(6-13)9(14-10)7-4-2-1-3-5-7/h1-5,13H,6H2,(H2,11,12). The van der Waals surface area contributed by atoms with E-state index in [0.717, 1.165) is 10.4 Å². The molecule has 0 bridgehead atoms. The first-order valence-electron chi connectivity index (χ1n) is 4.22. The highest BCUT2D eigenvalue weighted by Gasteiger charge is 2.09. The van der Waals surface area contributed by atoms with E-state index >= 15 is 0 Å². The van der Waals surface area contributed by atoms with Gasteiger partial charge in [0.2, 0.25) is 0 Å². The van der Waals surface area contributed by atoms with E-state index in [0.29, 0.717) is 10.8 Å². The molecule has 2 rings (SSSR count). The Bertz CT molecular complexity index is 425. The fourth-order valence-corrected chi connectivity index (χ4v) is 2.14. The van der Waals surface area contributed by atoms with E-state index in [2.05, 4.69) is 4.98 Å². The summed E-state index contributed by atoms with van der Waals surface area (Å²) in [6.45, 7) is -0.0715. The Hall–Kier alpha value is -1.39. The molecule has 0 spiro atoms. The highest BCUT2D eigenvalue weighted by molar-refractivity contribution is 7.18. The van der Waals surface area contributed by atoms with E-state index in [1.54, 1.807) is 0 Å². The number of rotatable bonds is 2. The summed E-state index contributed by atoms with van der Waals surface area (Å²) in [4.78, 5) is 5.00. The first kappa shape index (κ1) is 9.18. The highest BCUT2D eigenvalue weighted by Crippen LogP contribution is 2.31. The number of hydrogen-bond donors (Lipinski definition) is 2. The van der Waals surface area contributed by atoms with E-state index in [4.69, 9.17) is 10.8 Å². The summed E-state index contributed by atoms with van der Waals surface area (Å²) in [7, 11) is 0. The molecule has 0 saturated carbocycles. The zero-order chi connectivity index (χ0) is 9.97. The second-order valence-corrected chi connectivity index (χ2v) is 3.88. The molecule has 3 nitrogen and oxygen atoms in total. The summed E-state index contributed by atoms with van der Waals surface area (Å²) >= 11 is 1.40. The van der Waals surface area contributed by atoms with Crippen molar-refractivity contribution in [3.05, 3.63) is 36.0 Å². The number of thiazole rings is 1. The van der Waals surface area contributed by atoms with Crippen molar-refractivity contribution in [1.29, 1.82) is 0 Å². The number of anilines is 1. The van der Waals surface area contributed by atoms with Crippen LogP contribution in [0.5, 0.6) is 0 Å². The van der Waals surface area contributed by atoms with Crippen LogP contribution in [-0.4, -0.2) is 10.1 Å². The predicted octanol–water partition coefficient (Wildman–Crippen LogP) is 1.88. The van der Waals surface area contributed by atoms with Gasteiger partial charge < -0.3 is 10.8 Å². The lowest BCUT2D eigenvalue weighted by Crippen LogP contribution is -1.87. The second kappa shape index (κ2) is 3.77. The van der Waals surface area contributed by atoms with Gasteiger partial charge in [-0.25, -0.2) is 4.98 Å². The van der Waals surface area contributed by atoms with Crippen LogP contribution in [0.2, 0.25) is 0 Å². The minimum atomic E-state index is -0.0715. The Kier molecular flexibility index (Phi) is 2.47. The number of benzene rings is 1. The Morgan fingerprint density at radius 1 is 1.29 bits per heavy atom. The smallest absolute Gasteiger partial charge is 0.180 e. The summed E-state index contributed by atoms with van der Waals surface area (Å²) < 4.78 is 0. The molecule has 0 saturated heterocycles. The van der Waals surface area contributed by atoms with Crippen molar-refractivity contribution in [2.45, 2.75) is 6.61 Å². The summed E-state index contributed by atoms with van der Waals surface area (Å²) in [5, 5.41) is 9.58. The lowest BCUT2D eigenvalue weighted by molar-refractivity contribution is 0.278. The van der Waals surface area contributed by atoms with E-state index < -0.39 is 0 Å². The van der Waals surface area contributed by atoms with E-state index in [9.17, 15) is 0 Å².